The maximum Gasteiger partial charge on any atom is 0.126 e. The first kappa shape index (κ1) is 14.0. The van der Waals surface area contributed by atoms with Crippen molar-refractivity contribution in [3.8, 4) is 0 Å². The fourth-order valence-electron chi connectivity index (χ4n) is 1.87. The Labute approximate surface area is 122 Å². The lowest BCUT2D eigenvalue weighted by molar-refractivity contribution is 0.869. The molecule has 1 aromatic carbocycles. The zero-order chi connectivity index (χ0) is 13.8. The molecule has 0 amide bonds. The molecule has 0 bridgehead atoms. The third-order valence-electron chi connectivity index (χ3n) is 3.10. The number of halogens is 1. The van der Waals surface area contributed by atoms with Crippen molar-refractivity contribution in [3.63, 3.8) is 0 Å². The van der Waals surface area contributed by atoms with Gasteiger partial charge in [0.05, 0.1) is 5.69 Å². The van der Waals surface area contributed by atoms with Crippen molar-refractivity contribution < 1.29 is 0 Å². The second-order valence-corrected chi connectivity index (χ2v) is 5.43. The molecule has 0 saturated carbocycles. The van der Waals surface area contributed by atoms with Gasteiger partial charge in [0.25, 0.3) is 0 Å². The van der Waals surface area contributed by atoms with Crippen molar-refractivity contribution in [1.82, 2.24) is 4.98 Å². The fourth-order valence-corrected chi connectivity index (χ4v) is 2.09. The molecule has 19 heavy (non-hydrogen) atoms. The largest absolute Gasteiger partial charge is 0.364 e. The molecule has 2 rings (SSSR count). The van der Waals surface area contributed by atoms with Crippen LogP contribution in [0.5, 0.6) is 0 Å². The maximum absolute atomic E-state index is 5.60. The molecule has 1 aromatic heterocycles. The molecule has 2 aromatic rings. The van der Waals surface area contributed by atoms with E-state index in [9.17, 15) is 0 Å². The van der Waals surface area contributed by atoms with E-state index in [-0.39, 0.29) is 6.04 Å². The molecule has 3 nitrogen and oxygen atoms in total. The summed E-state index contributed by atoms with van der Waals surface area (Å²) in [5, 5.41) is 3.40. The van der Waals surface area contributed by atoms with E-state index in [0.29, 0.717) is 6.54 Å². The number of rotatable bonds is 4. The Morgan fingerprint density at radius 1 is 1.21 bits per heavy atom. The van der Waals surface area contributed by atoms with Gasteiger partial charge < -0.3 is 11.1 Å². The average molecular weight is 320 g/mol. The summed E-state index contributed by atoms with van der Waals surface area (Å²) in [4.78, 5) is 4.49. The molecule has 1 atom stereocenters. The van der Waals surface area contributed by atoms with Gasteiger partial charge in [0.15, 0.2) is 0 Å². The van der Waals surface area contributed by atoms with Gasteiger partial charge in [0, 0.05) is 17.1 Å². The van der Waals surface area contributed by atoms with E-state index in [2.05, 4.69) is 57.4 Å². The highest BCUT2D eigenvalue weighted by Crippen LogP contribution is 2.21. The van der Waals surface area contributed by atoms with E-state index >= 15 is 0 Å². The van der Waals surface area contributed by atoms with Gasteiger partial charge in [-0.2, -0.15) is 0 Å². The minimum atomic E-state index is 0.208. The number of anilines is 1. The Kier molecular flexibility index (Phi) is 4.56. The van der Waals surface area contributed by atoms with Crippen LogP contribution in [0.1, 0.15) is 29.8 Å². The summed E-state index contributed by atoms with van der Waals surface area (Å²) in [6.45, 7) is 4.68. The van der Waals surface area contributed by atoms with Gasteiger partial charge in [0.1, 0.15) is 5.82 Å². The summed E-state index contributed by atoms with van der Waals surface area (Å²) in [7, 11) is 0. The van der Waals surface area contributed by atoms with Gasteiger partial charge in [-0.3, -0.25) is 0 Å². The number of nitrogens with two attached hydrogens (primary N) is 1. The monoisotopic (exact) mass is 319 g/mol. The smallest absolute Gasteiger partial charge is 0.126 e. The highest BCUT2D eigenvalue weighted by Gasteiger charge is 2.06. The van der Waals surface area contributed by atoms with E-state index in [4.69, 9.17) is 5.73 Å². The van der Waals surface area contributed by atoms with Crippen molar-refractivity contribution >= 4 is 21.7 Å². The summed E-state index contributed by atoms with van der Waals surface area (Å²) in [5.74, 6) is 0.885. The molecule has 0 fully saturated rings. The standard InChI is InChI=1S/C15H18BrN3/c1-10(13-5-3-12(9-17)4-6-13)18-15-8-7-14(16)11(2)19-15/h3-8,10H,9,17H2,1-2H3,(H,18,19). The maximum atomic E-state index is 5.60. The molecule has 0 aliphatic carbocycles. The Morgan fingerprint density at radius 3 is 2.47 bits per heavy atom. The van der Waals surface area contributed by atoms with Crippen LogP contribution in [0.4, 0.5) is 5.82 Å². The molecule has 0 aliphatic heterocycles. The van der Waals surface area contributed by atoms with Crippen molar-refractivity contribution in [2.45, 2.75) is 26.4 Å². The van der Waals surface area contributed by atoms with Crippen LogP contribution in [0, 0.1) is 6.92 Å². The van der Waals surface area contributed by atoms with E-state index in [1.54, 1.807) is 0 Å². The fraction of sp³-hybridized carbons (Fsp3) is 0.267. The highest BCUT2D eigenvalue weighted by atomic mass is 79.9. The quantitative estimate of drug-likeness (QED) is 0.901. The molecule has 3 N–H and O–H groups in total. The zero-order valence-corrected chi connectivity index (χ0v) is 12.7. The zero-order valence-electron chi connectivity index (χ0n) is 11.2. The number of nitrogens with one attached hydrogen (secondary N) is 1. The Hall–Kier alpha value is -1.39. The minimum absolute atomic E-state index is 0.208. The van der Waals surface area contributed by atoms with Crippen LogP contribution >= 0.6 is 15.9 Å². The Morgan fingerprint density at radius 2 is 1.89 bits per heavy atom. The van der Waals surface area contributed by atoms with Gasteiger partial charge in [-0.1, -0.05) is 24.3 Å². The molecule has 1 unspecified atom stereocenters. The molecule has 0 saturated heterocycles. The predicted octanol–water partition coefficient (Wildman–Crippen LogP) is 3.78. The lowest BCUT2D eigenvalue weighted by Crippen LogP contribution is -2.08. The number of aromatic nitrogens is 1. The second kappa shape index (κ2) is 6.17. The van der Waals surface area contributed by atoms with Gasteiger partial charge >= 0.3 is 0 Å². The second-order valence-electron chi connectivity index (χ2n) is 4.58. The first-order valence-electron chi connectivity index (χ1n) is 6.28. The topological polar surface area (TPSA) is 50.9 Å². The molecule has 100 valence electrons. The van der Waals surface area contributed by atoms with E-state index in [1.807, 2.05) is 19.1 Å². The molecule has 0 aliphatic rings. The predicted molar refractivity (Wildman–Crippen MR) is 83.0 cm³/mol. The van der Waals surface area contributed by atoms with Gasteiger partial charge in [0.2, 0.25) is 0 Å². The molecule has 1 heterocycles. The molecule has 0 spiro atoms. The normalized spacial score (nSPS) is 12.2. The SMILES string of the molecule is Cc1nc(NC(C)c2ccc(CN)cc2)ccc1Br. The summed E-state index contributed by atoms with van der Waals surface area (Å²) in [6, 6.07) is 12.5. The van der Waals surface area contributed by atoms with Crippen molar-refractivity contribution in [2.75, 3.05) is 5.32 Å². The van der Waals surface area contributed by atoms with Crippen LogP contribution in [0.25, 0.3) is 0 Å². The van der Waals surface area contributed by atoms with Gasteiger partial charge in [-0.25, -0.2) is 4.98 Å². The third kappa shape index (κ3) is 3.55. The highest BCUT2D eigenvalue weighted by molar-refractivity contribution is 9.10. The lowest BCUT2D eigenvalue weighted by Gasteiger charge is -2.16. The van der Waals surface area contributed by atoms with Gasteiger partial charge in [-0.05, 0) is 53.0 Å². The number of hydrogen-bond acceptors (Lipinski definition) is 3. The Balaban J connectivity index is 2.10. The Bertz CT molecular complexity index is 552. The summed E-state index contributed by atoms with van der Waals surface area (Å²) in [5.41, 5.74) is 8.95. The van der Waals surface area contributed by atoms with Crippen LogP contribution in [0.15, 0.2) is 40.9 Å². The van der Waals surface area contributed by atoms with Crippen LogP contribution in [0.2, 0.25) is 0 Å². The van der Waals surface area contributed by atoms with E-state index in [0.717, 1.165) is 21.5 Å². The average Bonchev–Trinajstić information content (AvgIpc) is 2.43. The number of pyridine rings is 1. The van der Waals surface area contributed by atoms with Crippen molar-refractivity contribution in [1.29, 1.82) is 0 Å². The molecule has 0 radical (unpaired) electrons. The van der Waals surface area contributed by atoms with Gasteiger partial charge in [-0.15, -0.1) is 0 Å². The third-order valence-corrected chi connectivity index (χ3v) is 3.94. The van der Waals surface area contributed by atoms with E-state index in [1.165, 1.54) is 5.56 Å². The number of benzene rings is 1. The van der Waals surface area contributed by atoms with Crippen LogP contribution in [-0.4, -0.2) is 4.98 Å². The molecular formula is C15H18BrN3. The van der Waals surface area contributed by atoms with Crippen LogP contribution in [0.3, 0.4) is 0 Å². The minimum Gasteiger partial charge on any atom is -0.364 e. The molecule has 4 heteroatoms. The first-order valence-corrected chi connectivity index (χ1v) is 7.08. The summed E-state index contributed by atoms with van der Waals surface area (Å²) < 4.78 is 1.03. The summed E-state index contributed by atoms with van der Waals surface area (Å²) in [6.07, 6.45) is 0. The van der Waals surface area contributed by atoms with Crippen LogP contribution in [-0.2, 0) is 6.54 Å². The molecular weight excluding hydrogens is 302 g/mol. The van der Waals surface area contributed by atoms with Crippen molar-refractivity contribution in [2.24, 2.45) is 5.73 Å². The lowest BCUT2D eigenvalue weighted by atomic mass is 10.1. The van der Waals surface area contributed by atoms with E-state index < -0.39 is 0 Å². The van der Waals surface area contributed by atoms with Crippen molar-refractivity contribution in [3.05, 3.63) is 57.7 Å². The summed E-state index contributed by atoms with van der Waals surface area (Å²) >= 11 is 3.45. The number of aryl methyl sites for hydroxylation is 1. The first-order chi connectivity index (χ1) is 9.10. The number of hydrogen-bond donors (Lipinski definition) is 2. The number of nitrogens with zero attached hydrogens (tertiary/aromatic N) is 1. The van der Waals surface area contributed by atoms with Crippen LogP contribution < -0.4 is 11.1 Å².